The Morgan fingerprint density at radius 2 is 2.31 bits per heavy atom. The lowest BCUT2D eigenvalue weighted by atomic mass is 10.2. The van der Waals surface area contributed by atoms with Gasteiger partial charge in [0.05, 0.1) is 19.2 Å². The van der Waals surface area contributed by atoms with Gasteiger partial charge in [-0.1, -0.05) is 5.41 Å². The van der Waals surface area contributed by atoms with Crippen LogP contribution in [0.1, 0.15) is 13.8 Å². The predicted molar refractivity (Wildman–Crippen MR) is 57.7 cm³/mol. The molecule has 1 fully saturated rings. The minimum absolute atomic E-state index is 0.0419. The largest absolute Gasteiger partial charge is 0.378 e. The molecule has 1 heterocycles. The Bertz CT molecular complexity index is 362. The number of hydrogen-bond donors (Lipinski definition) is 2. The second-order valence-electron chi connectivity index (χ2n) is 3.78. The molecule has 7 heteroatoms. The number of nitrogens with zero attached hydrogens (tertiary/aromatic N) is 2. The van der Waals surface area contributed by atoms with Gasteiger partial charge in [-0.05, 0) is 18.8 Å². The Balaban J connectivity index is 2.76. The van der Waals surface area contributed by atoms with Gasteiger partial charge in [0.2, 0.25) is 5.91 Å². The summed E-state index contributed by atoms with van der Waals surface area (Å²) in [7, 11) is 0. The third-order valence-electron chi connectivity index (χ3n) is 2.26. The van der Waals surface area contributed by atoms with Gasteiger partial charge in [-0.25, -0.2) is 0 Å². The van der Waals surface area contributed by atoms with E-state index in [1.807, 2.05) is 13.8 Å². The number of amidine groups is 1. The van der Waals surface area contributed by atoms with E-state index in [1.165, 1.54) is 0 Å². The second-order valence-corrected chi connectivity index (χ2v) is 3.78. The average Bonchev–Trinajstić information content (AvgIpc) is 2.20. The molecule has 0 saturated carbocycles. The molecule has 7 nitrogen and oxygen atoms in total. The van der Waals surface area contributed by atoms with E-state index < -0.39 is 10.8 Å². The van der Waals surface area contributed by atoms with Crippen LogP contribution in [0.5, 0.6) is 0 Å². The predicted octanol–water partition coefficient (Wildman–Crippen LogP) is -0.0355. The number of nitrogens with one attached hydrogen (secondary N) is 2. The molecule has 0 aliphatic carbocycles. The summed E-state index contributed by atoms with van der Waals surface area (Å²) in [4.78, 5) is 22.6. The molecule has 0 radical (unpaired) electrons. The highest BCUT2D eigenvalue weighted by molar-refractivity contribution is 5.85. The molecule has 0 bridgehead atoms. The molecule has 2 N–H and O–H groups in total. The Kier molecular flexibility index (Phi) is 3.60. The van der Waals surface area contributed by atoms with Crippen molar-refractivity contribution in [1.82, 2.24) is 10.2 Å². The van der Waals surface area contributed by atoms with Crippen molar-refractivity contribution in [3.63, 3.8) is 0 Å². The van der Waals surface area contributed by atoms with Crippen LogP contribution in [0.2, 0.25) is 0 Å². The third kappa shape index (κ3) is 2.78. The van der Waals surface area contributed by atoms with Gasteiger partial charge < -0.3 is 20.3 Å². The topological polar surface area (TPSA) is 99.3 Å². The molecule has 0 aromatic carbocycles. The number of carbonyl (C=O) groups is 1. The zero-order valence-electron chi connectivity index (χ0n) is 9.19. The fourth-order valence-electron chi connectivity index (χ4n) is 1.40. The summed E-state index contributed by atoms with van der Waals surface area (Å²) in [5.74, 6) is -0.722. The summed E-state index contributed by atoms with van der Waals surface area (Å²) < 4.78 is 0. The van der Waals surface area contributed by atoms with Crippen LogP contribution in [0.15, 0.2) is 11.8 Å². The van der Waals surface area contributed by atoms with Crippen molar-refractivity contribution in [2.45, 2.75) is 19.9 Å². The van der Waals surface area contributed by atoms with Crippen molar-refractivity contribution >= 4 is 11.7 Å². The van der Waals surface area contributed by atoms with Gasteiger partial charge in [0.1, 0.15) is 0 Å². The van der Waals surface area contributed by atoms with E-state index in [9.17, 15) is 14.9 Å². The van der Waals surface area contributed by atoms with E-state index in [4.69, 9.17) is 5.41 Å². The number of nitro groups is 1. The molecule has 0 unspecified atom stereocenters. The summed E-state index contributed by atoms with van der Waals surface area (Å²) in [5, 5.41) is 20.1. The Morgan fingerprint density at radius 1 is 1.69 bits per heavy atom. The van der Waals surface area contributed by atoms with Crippen LogP contribution in [-0.4, -0.2) is 40.7 Å². The minimum atomic E-state index is -0.773. The van der Waals surface area contributed by atoms with E-state index >= 15 is 0 Å². The highest BCUT2D eigenvalue weighted by Crippen LogP contribution is 2.07. The summed E-state index contributed by atoms with van der Waals surface area (Å²) in [6.07, 6.45) is 1.14. The summed E-state index contributed by atoms with van der Waals surface area (Å²) in [5.41, 5.74) is 0.523. The van der Waals surface area contributed by atoms with Crippen molar-refractivity contribution in [1.29, 1.82) is 5.41 Å². The van der Waals surface area contributed by atoms with Crippen molar-refractivity contribution < 1.29 is 9.72 Å². The van der Waals surface area contributed by atoms with Gasteiger partial charge in [0.15, 0.2) is 0 Å². The van der Waals surface area contributed by atoms with Crippen LogP contribution in [0.4, 0.5) is 0 Å². The SMILES string of the molecule is CC(C)N1C/C(=C/C(=N)[N+](=O)[O-])NCC1=O. The van der Waals surface area contributed by atoms with Crippen LogP contribution in [0.3, 0.4) is 0 Å². The monoisotopic (exact) mass is 226 g/mol. The van der Waals surface area contributed by atoms with Gasteiger partial charge in [-0.15, -0.1) is 0 Å². The number of hydrogen-bond acceptors (Lipinski definition) is 5. The standard InChI is InChI=1S/C9H14N4O3/c1-6(2)12-5-7(11-4-9(12)14)3-8(10)13(15)16/h3,6,10-11H,4-5H2,1-2H3/b7-3-,10-8?. The maximum Gasteiger partial charge on any atom is 0.357 e. The van der Waals surface area contributed by atoms with Gasteiger partial charge in [-0.2, -0.15) is 0 Å². The van der Waals surface area contributed by atoms with Gasteiger partial charge >= 0.3 is 5.84 Å². The average molecular weight is 226 g/mol. The first-order valence-electron chi connectivity index (χ1n) is 4.88. The van der Waals surface area contributed by atoms with Crippen LogP contribution in [0.25, 0.3) is 0 Å². The van der Waals surface area contributed by atoms with Crippen LogP contribution in [-0.2, 0) is 4.79 Å². The number of rotatable bonds is 2. The third-order valence-corrected chi connectivity index (χ3v) is 2.26. The molecule has 88 valence electrons. The van der Waals surface area contributed by atoms with Gasteiger partial charge in [0, 0.05) is 11.7 Å². The zero-order chi connectivity index (χ0) is 12.3. The molecule has 0 atom stereocenters. The van der Waals surface area contributed by atoms with Crippen LogP contribution >= 0.6 is 0 Å². The lowest BCUT2D eigenvalue weighted by Gasteiger charge is -2.32. The van der Waals surface area contributed by atoms with E-state index in [1.54, 1.807) is 4.90 Å². The maximum atomic E-state index is 11.4. The Hall–Kier alpha value is -1.92. The highest BCUT2D eigenvalue weighted by Gasteiger charge is 2.23. The van der Waals surface area contributed by atoms with Gasteiger partial charge in [-0.3, -0.25) is 4.79 Å². The molecule has 1 rings (SSSR count). The summed E-state index contributed by atoms with van der Waals surface area (Å²) in [6.45, 7) is 4.15. The van der Waals surface area contributed by atoms with Gasteiger partial charge in [0.25, 0.3) is 0 Å². The first kappa shape index (κ1) is 12.2. The first-order chi connectivity index (χ1) is 7.41. The Labute approximate surface area is 92.8 Å². The quantitative estimate of drug-likeness (QED) is 0.299. The minimum Gasteiger partial charge on any atom is -0.378 e. The normalized spacial score (nSPS) is 18.8. The van der Waals surface area contributed by atoms with Crippen molar-refractivity contribution in [3.8, 4) is 0 Å². The lowest BCUT2D eigenvalue weighted by molar-refractivity contribution is -0.349. The molecule has 0 spiro atoms. The van der Waals surface area contributed by atoms with Crippen LogP contribution < -0.4 is 5.32 Å². The fourth-order valence-corrected chi connectivity index (χ4v) is 1.40. The fraction of sp³-hybridized carbons (Fsp3) is 0.556. The number of carbonyl (C=O) groups excluding carboxylic acids is 1. The zero-order valence-corrected chi connectivity index (χ0v) is 9.19. The summed E-state index contributed by atoms with van der Waals surface area (Å²) in [6, 6.07) is 0.0442. The second kappa shape index (κ2) is 4.73. The smallest absolute Gasteiger partial charge is 0.357 e. The van der Waals surface area contributed by atoms with E-state index in [2.05, 4.69) is 5.32 Å². The van der Waals surface area contributed by atoms with Crippen molar-refractivity contribution in [3.05, 3.63) is 21.9 Å². The Morgan fingerprint density at radius 3 is 2.81 bits per heavy atom. The molecule has 0 aromatic heterocycles. The number of amides is 1. The molecular weight excluding hydrogens is 212 g/mol. The van der Waals surface area contributed by atoms with E-state index in [0.29, 0.717) is 5.70 Å². The maximum absolute atomic E-state index is 11.4. The first-order valence-corrected chi connectivity index (χ1v) is 4.88. The molecule has 1 aliphatic rings. The lowest BCUT2D eigenvalue weighted by Crippen LogP contribution is -2.49. The molecule has 1 saturated heterocycles. The molecular formula is C9H14N4O3. The summed E-state index contributed by atoms with van der Waals surface area (Å²) >= 11 is 0. The van der Waals surface area contributed by atoms with E-state index in [-0.39, 0.29) is 25.0 Å². The number of piperazine rings is 1. The molecule has 0 aromatic rings. The molecule has 1 aliphatic heterocycles. The van der Waals surface area contributed by atoms with Crippen molar-refractivity contribution in [2.24, 2.45) is 0 Å². The van der Waals surface area contributed by atoms with E-state index in [0.717, 1.165) is 6.08 Å². The van der Waals surface area contributed by atoms with Crippen LogP contribution in [0, 0.1) is 15.5 Å². The molecule has 1 amide bonds. The highest BCUT2D eigenvalue weighted by atomic mass is 16.6. The van der Waals surface area contributed by atoms with Crippen molar-refractivity contribution in [2.75, 3.05) is 13.1 Å². The molecule has 16 heavy (non-hydrogen) atoms.